The Bertz CT molecular complexity index is 672. The molecule has 2 atom stereocenters. The maximum absolute atomic E-state index is 11.4. The van der Waals surface area contributed by atoms with E-state index < -0.39 is 5.97 Å². The molecule has 5 nitrogen and oxygen atoms in total. The molecule has 1 saturated heterocycles. The van der Waals surface area contributed by atoms with Crippen LogP contribution in [0.1, 0.15) is 23.7 Å². The van der Waals surface area contributed by atoms with Crippen LogP contribution in [0.2, 0.25) is 0 Å². The molecule has 110 valence electrons. The lowest BCUT2D eigenvalue weighted by molar-refractivity contribution is 0.0697. The second kappa shape index (κ2) is 5.69. The van der Waals surface area contributed by atoms with E-state index >= 15 is 0 Å². The van der Waals surface area contributed by atoms with Crippen LogP contribution >= 0.6 is 0 Å². The molecule has 1 aliphatic heterocycles. The van der Waals surface area contributed by atoms with E-state index in [1.54, 1.807) is 0 Å². The maximum atomic E-state index is 11.4. The molecule has 2 unspecified atom stereocenters. The van der Waals surface area contributed by atoms with Gasteiger partial charge in [-0.3, -0.25) is 4.98 Å². The third kappa shape index (κ3) is 2.69. The Morgan fingerprint density at radius 2 is 2.29 bits per heavy atom. The molecule has 5 heteroatoms. The summed E-state index contributed by atoms with van der Waals surface area (Å²) in [5.41, 5.74) is 1.65. The molecule has 21 heavy (non-hydrogen) atoms. The normalized spacial score (nSPS) is 21.6. The van der Waals surface area contributed by atoms with Crippen LogP contribution in [0.3, 0.4) is 0 Å². The lowest BCUT2D eigenvalue weighted by Crippen LogP contribution is -2.21. The molecule has 2 aromatic rings. The predicted molar refractivity (Wildman–Crippen MR) is 80.7 cm³/mol. The minimum Gasteiger partial charge on any atom is -0.478 e. The van der Waals surface area contributed by atoms with Crippen LogP contribution in [0.15, 0.2) is 30.5 Å². The van der Waals surface area contributed by atoms with E-state index in [4.69, 9.17) is 4.74 Å². The molecule has 0 spiro atoms. The molecule has 0 amide bonds. The van der Waals surface area contributed by atoms with Crippen molar-refractivity contribution in [2.45, 2.75) is 19.4 Å². The Kier molecular flexibility index (Phi) is 3.75. The van der Waals surface area contributed by atoms with Crippen molar-refractivity contribution in [1.29, 1.82) is 0 Å². The third-order valence-electron chi connectivity index (χ3n) is 4.08. The van der Waals surface area contributed by atoms with Crippen LogP contribution in [0.4, 0.5) is 5.69 Å². The number of carboxylic acids is 1. The highest BCUT2D eigenvalue weighted by Gasteiger charge is 2.24. The highest BCUT2D eigenvalue weighted by molar-refractivity contribution is 6.04. The number of benzene rings is 1. The molecule has 0 saturated carbocycles. The second-order valence-electron chi connectivity index (χ2n) is 5.37. The van der Waals surface area contributed by atoms with Crippen LogP contribution in [-0.2, 0) is 4.74 Å². The van der Waals surface area contributed by atoms with Crippen LogP contribution in [0, 0.1) is 5.92 Å². The number of para-hydroxylation sites is 1. The van der Waals surface area contributed by atoms with Crippen molar-refractivity contribution >= 4 is 22.6 Å². The maximum Gasteiger partial charge on any atom is 0.339 e. The Morgan fingerprint density at radius 1 is 1.48 bits per heavy atom. The molecule has 1 fully saturated rings. The van der Waals surface area contributed by atoms with Crippen LogP contribution in [0.25, 0.3) is 10.9 Å². The number of anilines is 1. The standard InChI is InChI=1S/C16H18N2O3/c1-10-11(6-7-21-10)8-18-15-12-4-2-3-5-14(12)17-9-13(15)16(19)20/h2-5,9-11H,6-8H2,1H3,(H,17,18)(H,19,20). The summed E-state index contributed by atoms with van der Waals surface area (Å²) in [5, 5.41) is 13.5. The van der Waals surface area contributed by atoms with Crippen molar-refractivity contribution in [1.82, 2.24) is 4.98 Å². The summed E-state index contributed by atoms with van der Waals surface area (Å²) >= 11 is 0. The number of ether oxygens (including phenoxy) is 1. The number of aromatic nitrogens is 1. The molecule has 2 N–H and O–H groups in total. The van der Waals surface area contributed by atoms with Gasteiger partial charge in [0.15, 0.2) is 0 Å². The number of pyridine rings is 1. The first-order valence-electron chi connectivity index (χ1n) is 7.13. The van der Waals surface area contributed by atoms with Gasteiger partial charge in [0.1, 0.15) is 5.56 Å². The molecule has 2 heterocycles. The van der Waals surface area contributed by atoms with E-state index in [1.807, 2.05) is 24.3 Å². The van der Waals surface area contributed by atoms with Gasteiger partial charge in [0.05, 0.1) is 17.3 Å². The van der Waals surface area contributed by atoms with Gasteiger partial charge in [-0.05, 0) is 19.4 Å². The van der Waals surface area contributed by atoms with Crippen molar-refractivity contribution in [2.24, 2.45) is 5.92 Å². The summed E-state index contributed by atoms with van der Waals surface area (Å²) in [7, 11) is 0. The fourth-order valence-electron chi connectivity index (χ4n) is 2.77. The van der Waals surface area contributed by atoms with E-state index in [9.17, 15) is 9.90 Å². The lowest BCUT2D eigenvalue weighted by atomic mass is 10.0. The number of hydrogen-bond acceptors (Lipinski definition) is 4. The number of carbonyl (C=O) groups is 1. The average Bonchev–Trinajstić information content (AvgIpc) is 2.89. The van der Waals surface area contributed by atoms with Gasteiger partial charge in [-0.1, -0.05) is 18.2 Å². The summed E-state index contributed by atoms with van der Waals surface area (Å²) in [6.45, 7) is 3.54. The van der Waals surface area contributed by atoms with E-state index in [1.165, 1.54) is 6.20 Å². The van der Waals surface area contributed by atoms with Crippen molar-refractivity contribution < 1.29 is 14.6 Å². The van der Waals surface area contributed by atoms with Crippen molar-refractivity contribution in [3.05, 3.63) is 36.0 Å². The number of carboxylic acid groups (broad SMARTS) is 1. The third-order valence-corrected chi connectivity index (χ3v) is 4.08. The average molecular weight is 286 g/mol. The molecule has 1 aromatic heterocycles. The number of rotatable bonds is 4. The SMILES string of the molecule is CC1OCCC1CNc1c(C(=O)O)cnc2ccccc12. The minimum absolute atomic E-state index is 0.207. The first kappa shape index (κ1) is 13.8. The van der Waals surface area contributed by atoms with Gasteiger partial charge < -0.3 is 15.2 Å². The van der Waals surface area contributed by atoms with Crippen LogP contribution in [0.5, 0.6) is 0 Å². The number of nitrogens with zero attached hydrogens (tertiary/aromatic N) is 1. The van der Waals surface area contributed by atoms with Crippen molar-refractivity contribution in [2.75, 3.05) is 18.5 Å². The Labute approximate surface area is 123 Å². The summed E-state index contributed by atoms with van der Waals surface area (Å²) in [6, 6.07) is 7.56. The van der Waals surface area contributed by atoms with Crippen LogP contribution < -0.4 is 5.32 Å². The first-order chi connectivity index (χ1) is 10.2. The van der Waals surface area contributed by atoms with E-state index in [0.717, 1.165) is 23.9 Å². The summed E-state index contributed by atoms with van der Waals surface area (Å²) in [5.74, 6) is -0.565. The zero-order valence-corrected chi connectivity index (χ0v) is 11.9. The lowest BCUT2D eigenvalue weighted by Gasteiger charge is -2.18. The number of nitrogens with one attached hydrogen (secondary N) is 1. The Morgan fingerprint density at radius 3 is 3.00 bits per heavy atom. The largest absolute Gasteiger partial charge is 0.478 e. The van der Waals surface area contributed by atoms with Crippen LogP contribution in [-0.4, -0.2) is 35.3 Å². The fourth-order valence-corrected chi connectivity index (χ4v) is 2.77. The topological polar surface area (TPSA) is 71.5 Å². The van der Waals surface area contributed by atoms with Crippen molar-refractivity contribution in [3.8, 4) is 0 Å². The fraction of sp³-hybridized carbons (Fsp3) is 0.375. The Balaban J connectivity index is 1.94. The molecule has 0 bridgehead atoms. The monoisotopic (exact) mass is 286 g/mol. The van der Waals surface area contributed by atoms with Gasteiger partial charge in [-0.2, -0.15) is 0 Å². The zero-order valence-electron chi connectivity index (χ0n) is 11.9. The highest BCUT2D eigenvalue weighted by atomic mass is 16.5. The van der Waals surface area contributed by atoms with E-state index in [0.29, 0.717) is 18.2 Å². The highest BCUT2D eigenvalue weighted by Crippen LogP contribution is 2.28. The summed E-state index contributed by atoms with van der Waals surface area (Å²) < 4.78 is 5.55. The second-order valence-corrected chi connectivity index (χ2v) is 5.37. The van der Waals surface area contributed by atoms with Gasteiger partial charge in [0.2, 0.25) is 0 Å². The molecule has 0 radical (unpaired) electrons. The molecular weight excluding hydrogens is 268 g/mol. The number of fused-ring (bicyclic) bond motifs is 1. The minimum atomic E-state index is -0.966. The first-order valence-corrected chi connectivity index (χ1v) is 7.13. The van der Waals surface area contributed by atoms with Gasteiger partial charge >= 0.3 is 5.97 Å². The summed E-state index contributed by atoms with van der Waals surface area (Å²) in [6.07, 6.45) is 2.63. The zero-order chi connectivity index (χ0) is 14.8. The number of aromatic carboxylic acids is 1. The van der Waals surface area contributed by atoms with E-state index in [2.05, 4.69) is 17.2 Å². The van der Waals surface area contributed by atoms with Gasteiger partial charge in [0.25, 0.3) is 0 Å². The van der Waals surface area contributed by atoms with Crippen molar-refractivity contribution in [3.63, 3.8) is 0 Å². The molecule has 0 aliphatic carbocycles. The van der Waals surface area contributed by atoms with E-state index in [-0.39, 0.29) is 11.7 Å². The predicted octanol–water partition coefficient (Wildman–Crippen LogP) is 2.77. The summed E-state index contributed by atoms with van der Waals surface area (Å²) in [4.78, 5) is 15.6. The molecule has 3 rings (SSSR count). The molecule has 1 aromatic carbocycles. The smallest absolute Gasteiger partial charge is 0.339 e. The Hall–Kier alpha value is -2.14. The quantitative estimate of drug-likeness (QED) is 0.904. The van der Waals surface area contributed by atoms with Gasteiger partial charge in [-0.25, -0.2) is 4.79 Å². The van der Waals surface area contributed by atoms with Gasteiger partial charge in [0, 0.05) is 30.7 Å². The number of hydrogen-bond donors (Lipinski definition) is 2. The molecule has 1 aliphatic rings. The van der Waals surface area contributed by atoms with Gasteiger partial charge in [-0.15, -0.1) is 0 Å². The molecular formula is C16H18N2O3.